The first-order chi connectivity index (χ1) is 8.20. The van der Waals surface area contributed by atoms with E-state index in [1.165, 1.54) is 0 Å². The second kappa shape index (κ2) is 5.19. The summed E-state index contributed by atoms with van der Waals surface area (Å²) in [6, 6.07) is 6.96. The van der Waals surface area contributed by atoms with Crippen molar-refractivity contribution in [1.82, 2.24) is 5.32 Å². The average Bonchev–Trinajstić information content (AvgIpc) is 2.77. The smallest absolute Gasteiger partial charge is 0.251 e. The van der Waals surface area contributed by atoms with Crippen molar-refractivity contribution in [2.24, 2.45) is 5.92 Å². The number of hydrogen-bond donors (Lipinski definition) is 3. The lowest BCUT2D eigenvalue weighted by molar-refractivity contribution is 0.0916. The van der Waals surface area contributed by atoms with Gasteiger partial charge in [0.05, 0.1) is 0 Å². The number of anilines is 1. The Morgan fingerprint density at radius 3 is 2.71 bits per heavy atom. The highest BCUT2D eigenvalue weighted by Crippen LogP contribution is 2.25. The summed E-state index contributed by atoms with van der Waals surface area (Å²) in [5.41, 5.74) is 6.83. The van der Waals surface area contributed by atoms with Gasteiger partial charge in [-0.25, -0.2) is 0 Å². The van der Waals surface area contributed by atoms with Crippen LogP contribution in [0.25, 0.3) is 0 Å². The van der Waals surface area contributed by atoms with Gasteiger partial charge in [-0.15, -0.1) is 0 Å². The fourth-order valence-electron chi connectivity index (χ4n) is 2.33. The summed E-state index contributed by atoms with van der Waals surface area (Å²) in [6.45, 7) is 0.146. The van der Waals surface area contributed by atoms with Crippen molar-refractivity contribution >= 4 is 11.6 Å². The zero-order chi connectivity index (χ0) is 12.3. The van der Waals surface area contributed by atoms with Crippen LogP contribution in [-0.4, -0.2) is 23.7 Å². The molecule has 1 aliphatic rings. The molecular formula is C13H18N2O2. The summed E-state index contributed by atoms with van der Waals surface area (Å²) in [6.07, 6.45) is 3.01. The van der Waals surface area contributed by atoms with Crippen molar-refractivity contribution < 1.29 is 9.90 Å². The molecule has 1 saturated carbocycles. The highest BCUT2D eigenvalue weighted by atomic mass is 16.3. The Hall–Kier alpha value is -1.55. The maximum Gasteiger partial charge on any atom is 0.251 e. The molecule has 17 heavy (non-hydrogen) atoms. The Bertz CT molecular complexity index is 389. The molecule has 0 saturated heterocycles. The number of hydrogen-bond acceptors (Lipinski definition) is 3. The number of nitrogens with one attached hydrogen (secondary N) is 1. The van der Waals surface area contributed by atoms with Gasteiger partial charge in [-0.1, -0.05) is 6.42 Å². The Kier molecular flexibility index (Phi) is 3.64. The molecule has 1 aromatic carbocycles. The maximum absolute atomic E-state index is 11.9. The Labute approximate surface area is 101 Å². The van der Waals surface area contributed by atoms with Gasteiger partial charge in [-0.3, -0.25) is 4.79 Å². The number of amides is 1. The molecule has 2 atom stereocenters. The van der Waals surface area contributed by atoms with Crippen molar-refractivity contribution in [2.45, 2.75) is 25.3 Å². The van der Waals surface area contributed by atoms with Crippen LogP contribution < -0.4 is 11.1 Å². The molecule has 1 fully saturated rings. The third-order valence-corrected chi connectivity index (χ3v) is 3.38. The van der Waals surface area contributed by atoms with Crippen molar-refractivity contribution in [3.8, 4) is 0 Å². The summed E-state index contributed by atoms with van der Waals surface area (Å²) < 4.78 is 0. The topological polar surface area (TPSA) is 75.4 Å². The number of benzene rings is 1. The van der Waals surface area contributed by atoms with E-state index in [4.69, 9.17) is 5.73 Å². The number of nitrogens with two attached hydrogens (primary N) is 1. The Morgan fingerprint density at radius 1 is 1.35 bits per heavy atom. The lowest BCUT2D eigenvalue weighted by Gasteiger charge is -2.19. The average molecular weight is 234 g/mol. The van der Waals surface area contributed by atoms with Crippen LogP contribution in [-0.2, 0) is 0 Å². The second-order valence-electron chi connectivity index (χ2n) is 4.58. The molecule has 0 aromatic heterocycles. The van der Waals surface area contributed by atoms with Crippen LogP contribution in [0.3, 0.4) is 0 Å². The molecule has 2 unspecified atom stereocenters. The number of carbonyl (C=O) groups is 1. The van der Waals surface area contributed by atoms with Crippen molar-refractivity contribution in [2.75, 3.05) is 12.3 Å². The summed E-state index contributed by atoms with van der Waals surface area (Å²) in [5.74, 6) is 0.114. The number of nitrogen functional groups attached to an aromatic ring is 1. The predicted molar refractivity (Wildman–Crippen MR) is 66.5 cm³/mol. The largest absolute Gasteiger partial charge is 0.399 e. The SMILES string of the molecule is Nc1ccc(C(=O)NC2CCCC2CO)cc1. The second-order valence-corrected chi connectivity index (χ2v) is 4.58. The normalized spacial score (nSPS) is 23.6. The lowest BCUT2D eigenvalue weighted by Crippen LogP contribution is -2.38. The first-order valence-corrected chi connectivity index (χ1v) is 5.98. The number of aliphatic hydroxyl groups is 1. The molecular weight excluding hydrogens is 216 g/mol. The van der Waals surface area contributed by atoms with Crippen LogP contribution in [0.5, 0.6) is 0 Å². The van der Waals surface area contributed by atoms with Crippen LogP contribution >= 0.6 is 0 Å². The Balaban J connectivity index is 1.99. The molecule has 2 rings (SSSR count). The first kappa shape index (κ1) is 11.9. The lowest BCUT2D eigenvalue weighted by atomic mass is 10.0. The van der Waals surface area contributed by atoms with Gasteiger partial charge < -0.3 is 16.2 Å². The molecule has 0 bridgehead atoms. The standard InChI is InChI=1S/C13H18N2O2/c14-11-6-4-9(5-7-11)13(17)15-12-3-1-2-10(12)8-16/h4-7,10,12,16H,1-3,8,14H2,(H,15,17). The minimum absolute atomic E-state index is 0.0876. The molecule has 4 N–H and O–H groups in total. The quantitative estimate of drug-likeness (QED) is 0.687. The molecule has 1 amide bonds. The fourth-order valence-corrected chi connectivity index (χ4v) is 2.33. The monoisotopic (exact) mass is 234 g/mol. The van der Waals surface area contributed by atoms with E-state index in [0.29, 0.717) is 11.3 Å². The highest BCUT2D eigenvalue weighted by Gasteiger charge is 2.27. The zero-order valence-corrected chi connectivity index (χ0v) is 9.73. The van der Waals surface area contributed by atoms with Crippen LogP contribution in [0.1, 0.15) is 29.6 Å². The van der Waals surface area contributed by atoms with Crippen LogP contribution in [0.15, 0.2) is 24.3 Å². The van der Waals surface area contributed by atoms with E-state index in [2.05, 4.69) is 5.32 Å². The van der Waals surface area contributed by atoms with Gasteiger partial charge in [-0.2, -0.15) is 0 Å². The van der Waals surface area contributed by atoms with Gasteiger partial charge in [0.15, 0.2) is 0 Å². The first-order valence-electron chi connectivity index (χ1n) is 5.98. The summed E-state index contributed by atoms with van der Waals surface area (Å²) in [5, 5.41) is 12.2. The summed E-state index contributed by atoms with van der Waals surface area (Å²) in [7, 11) is 0. The van der Waals surface area contributed by atoms with Gasteiger partial charge in [0.25, 0.3) is 5.91 Å². The van der Waals surface area contributed by atoms with E-state index in [1.54, 1.807) is 24.3 Å². The fraction of sp³-hybridized carbons (Fsp3) is 0.462. The molecule has 0 heterocycles. The molecule has 0 aliphatic heterocycles. The highest BCUT2D eigenvalue weighted by molar-refractivity contribution is 5.94. The van der Waals surface area contributed by atoms with E-state index in [9.17, 15) is 9.90 Å². The molecule has 4 nitrogen and oxygen atoms in total. The van der Waals surface area contributed by atoms with Crippen molar-refractivity contribution in [1.29, 1.82) is 0 Å². The maximum atomic E-state index is 11.9. The van der Waals surface area contributed by atoms with E-state index in [-0.39, 0.29) is 24.5 Å². The number of carbonyl (C=O) groups excluding carboxylic acids is 1. The summed E-state index contributed by atoms with van der Waals surface area (Å²) >= 11 is 0. The molecule has 0 radical (unpaired) electrons. The Morgan fingerprint density at radius 2 is 2.06 bits per heavy atom. The minimum Gasteiger partial charge on any atom is -0.399 e. The number of rotatable bonds is 3. The summed E-state index contributed by atoms with van der Waals surface area (Å²) in [4.78, 5) is 11.9. The molecule has 1 aliphatic carbocycles. The molecule has 0 spiro atoms. The van der Waals surface area contributed by atoms with E-state index in [1.807, 2.05) is 0 Å². The van der Waals surface area contributed by atoms with E-state index < -0.39 is 0 Å². The van der Waals surface area contributed by atoms with E-state index in [0.717, 1.165) is 19.3 Å². The third kappa shape index (κ3) is 2.77. The van der Waals surface area contributed by atoms with Crippen molar-refractivity contribution in [3.63, 3.8) is 0 Å². The van der Waals surface area contributed by atoms with Crippen LogP contribution in [0.2, 0.25) is 0 Å². The van der Waals surface area contributed by atoms with Gasteiger partial charge in [-0.05, 0) is 37.1 Å². The third-order valence-electron chi connectivity index (χ3n) is 3.38. The molecule has 1 aromatic rings. The number of aliphatic hydroxyl groups excluding tert-OH is 1. The molecule has 92 valence electrons. The van der Waals surface area contributed by atoms with Gasteiger partial charge >= 0.3 is 0 Å². The zero-order valence-electron chi connectivity index (χ0n) is 9.73. The predicted octanol–water partition coefficient (Wildman–Crippen LogP) is 1.16. The van der Waals surface area contributed by atoms with Crippen LogP contribution in [0, 0.1) is 5.92 Å². The van der Waals surface area contributed by atoms with Gasteiger partial charge in [0, 0.05) is 29.8 Å². The van der Waals surface area contributed by atoms with Crippen LogP contribution in [0.4, 0.5) is 5.69 Å². The van der Waals surface area contributed by atoms with Gasteiger partial charge in [0.2, 0.25) is 0 Å². The van der Waals surface area contributed by atoms with Crippen molar-refractivity contribution in [3.05, 3.63) is 29.8 Å². The van der Waals surface area contributed by atoms with E-state index >= 15 is 0 Å². The van der Waals surface area contributed by atoms with Gasteiger partial charge in [0.1, 0.15) is 0 Å². The minimum atomic E-state index is -0.0876. The molecule has 4 heteroatoms.